The Bertz CT molecular complexity index is 792. The van der Waals surface area contributed by atoms with Crippen LogP contribution in [0.1, 0.15) is 11.1 Å². The average molecular weight is 335 g/mol. The number of hydrogen-bond acceptors (Lipinski definition) is 3. The van der Waals surface area contributed by atoms with Crippen LogP contribution in [-0.2, 0) is 0 Å². The number of pyridine rings is 1. The molecular formula is C16H12Cl2N2S. The van der Waals surface area contributed by atoms with Gasteiger partial charge in [0.2, 0.25) is 0 Å². The van der Waals surface area contributed by atoms with Crippen LogP contribution in [0.25, 0.3) is 21.8 Å². The van der Waals surface area contributed by atoms with Gasteiger partial charge >= 0.3 is 0 Å². The molecule has 0 radical (unpaired) electrons. The molecule has 0 saturated heterocycles. The lowest BCUT2D eigenvalue weighted by Gasteiger charge is -2.03. The van der Waals surface area contributed by atoms with Crippen molar-refractivity contribution in [2.75, 3.05) is 0 Å². The summed E-state index contributed by atoms with van der Waals surface area (Å²) in [6.45, 7) is 4.19. The Morgan fingerprint density at radius 1 is 0.952 bits per heavy atom. The lowest BCUT2D eigenvalue weighted by Crippen LogP contribution is -1.86. The first-order valence-corrected chi connectivity index (χ1v) is 8.03. The van der Waals surface area contributed by atoms with Gasteiger partial charge in [-0.15, -0.1) is 11.3 Å². The van der Waals surface area contributed by atoms with Gasteiger partial charge in [-0.1, -0.05) is 47.0 Å². The maximum absolute atomic E-state index is 5.95. The van der Waals surface area contributed by atoms with Crippen molar-refractivity contribution in [2.24, 2.45) is 0 Å². The predicted molar refractivity (Wildman–Crippen MR) is 90.3 cm³/mol. The van der Waals surface area contributed by atoms with Crippen molar-refractivity contribution >= 4 is 34.5 Å². The van der Waals surface area contributed by atoms with Crippen molar-refractivity contribution < 1.29 is 0 Å². The van der Waals surface area contributed by atoms with Crippen LogP contribution in [0.15, 0.2) is 35.7 Å². The maximum Gasteiger partial charge on any atom is 0.131 e. The number of thiazole rings is 1. The molecule has 0 N–H and O–H groups in total. The van der Waals surface area contributed by atoms with E-state index < -0.39 is 0 Å². The van der Waals surface area contributed by atoms with Crippen LogP contribution in [-0.4, -0.2) is 9.97 Å². The van der Waals surface area contributed by atoms with Gasteiger partial charge in [0.1, 0.15) is 15.3 Å². The SMILES string of the molecule is Cc1ccc(-c2csc(-c3cc(Cl)nc(Cl)c3)n2)c(C)c1. The van der Waals surface area contributed by atoms with E-state index in [0.29, 0.717) is 10.3 Å². The van der Waals surface area contributed by atoms with Crippen LogP contribution < -0.4 is 0 Å². The highest BCUT2D eigenvalue weighted by Crippen LogP contribution is 2.32. The second kappa shape index (κ2) is 5.76. The van der Waals surface area contributed by atoms with Gasteiger partial charge in [0.15, 0.2) is 0 Å². The largest absolute Gasteiger partial charge is 0.236 e. The summed E-state index contributed by atoms with van der Waals surface area (Å²) in [5, 5.41) is 3.69. The maximum atomic E-state index is 5.95. The van der Waals surface area contributed by atoms with E-state index in [9.17, 15) is 0 Å². The van der Waals surface area contributed by atoms with Crippen LogP contribution in [0, 0.1) is 13.8 Å². The van der Waals surface area contributed by atoms with E-state index in [4.69, 9.17) is 28.2 Å². The highest BCUT2D eigenvalue weighted by atomic mass is 35.5. The molecule has 3 rings (SSSR count). The summed E-state index contributed by atoms with van der Waals surface area (Å²) < 4.78 is 0. The van der Waals surface area contributed by atoms with Gasteiger partial charge in [-0.05, 0) is 31.5 Å². The normalized spacial score (nSPS) is 10.9. The van der Waals surface area contributed by atoms with Crippen LogP contribution >= 0.6 is 34.5 Å². The van der Waals surface area contributed by atoms with E-state index in [2.05, 4.69) is 42.4 Å². The molecule has 2 nitrogen and oxygen atoms in total. The monoisotopic (exact) mass is 334 g/mol. The van der Waals surface area contributed by atoms with Gasteiger partial charge in [0.25, 0.3) is 0 Å². The van der Waals surface area contributed by atoms with E-state index in [1.807, 2.05) is 0 Å². The molecule has 2 aromatic heterocycles. The van der Waals surface area contributed by atoms with Crippen molar-refractivity contribution in [3.63, 3.8) is 0 Å². The van der Waals surface area contributed by atoms with Crippen LogP contribution in [0.5, 0.6) is 0 Å². The summed E-state index contributed by atoms with van der Waals surface area (Å²) in [6.07, 6.45) is 0. The van der Waals surface area contributed by atoms with Crippen molar-refractivity contribution in [1.29, 1.82) is 0 Å². The minimum atomic E-state index is 0.376. The number of rotatable bonds is 2. The third-order valence-electron chi connectivity index (χ3n) is 3.17. The zero-order valence-corrected chi connectivity index (χ0v) is 13.9. The molecule has 21 heavy (non-hydrogen) atoms. The van der Waals surface area contributed by atoms with Gasteiger partial charge in [0, 0.05) is 16.5 Å². The number of hydrogen-bond donors (Lipinski definition) is 0. The quantitative estimate of drug-likeness (QED) is 0.554. The lowest BCUT2D eigenvalue weighted by atomic mass is 10.0. The molecule has 0 bridgehead atoms. The smallest absolute Gasteiger partial charge is 0.131 e. The molecule has 0 unspecified atom stereocenters. The molecule has 0 aliphatic rings. The van der Waals surface area contributed by atoms with E-state index in [1.165, 1.54) is 11.1 Å². The molecule has 1 aromatic carbocycles. The second-order valence-corrected chi connectivity index (χ2v) is 6.49. The van der Waals surface area contributed by atoms with Crippen molar-refractivity contribution in [2.45, 2.75) is 13.8 Å². The zero-order valence-electron chi connectivity index (χ0n) is 11.5. The molecule has 5 heteroatoms. The number of aryl methyl sites for hydroxylation is 2. The Labute approximate surface area is 137 Å². The predicted octanol–water partition coefficient (Wildman–Crippen LogP) is 5.80. The Hall–Kier alpha value is -1.42. The summed E-state index contributed by atoms with van der Waals surface area (Å²) in [5.74, 6) is 0. The molecule has 0 amide bonds. The topological polar surface area (TPSA) is 25.8 Å². The van der Waals surface area contributed by atoms with Gasteiger partial charge in [-0.25, -0.2) is 9.97 Å². The highest BCUT2D eigenvalue weighted by Gasteiger charge is 2.10. The Balaban J connectivity index is 2.03. The Morgan fingerprint density at radius 2 is 1.67 bits per heavy atom. The minimum Gasteiger partial charge on any atom is -0.236 e. The first-order chi connectivity index (χ1) is 10.0. The van der Waals surface area contributed by atoms with Crippen LogP contribution in [0.4, 0.5) is 0 Å². The van der Waals surface area contributed by atoms with Gasteiger partial charge in [-0.2, -0.15) is 0 Å². The number of benzene rings is 1. The minimum absolute atomic E-state index is 0.376. The third kappa shape index (κ3) is 3.10. The standard InChI is InChI=1S/C16H12Cl2N2S/c1-9-3-4-12(10(2)5-9)13-8-21-16(19-13)11-6-14(17)20-15(18)7-11/h3-8H,1-2H3. The van der Waals surface area contributed by atoms with Crippen molar-refractivity contribution in [3.05, 3.63) is 57.1 Å². The molecule has 2 heterocycles. The van der Waals surface area contributed by atoms with Crippen LogP contribution in [0.2, 0.25) is 10.3 Å². The number of nitrogens with zero attached hydrogens (tertiary/aromatic N) is 2. The second-order valence-electron chi connectivity index (χ2n) is 4.86. The summed E-state index contributed by atoms with van der Waals surface area (Å²) >= 11 is 13.5. The molecule has 0 fully saturated rings. The first-order valence-electron chi connectivity index (χ1n) is 6.39. The summed E-state index contributed by atoms with van der Waals surface area (Å²) in [6, 6.07) is 9.92. The molecule has 106 valence electrons. The van der Waals surface area contributed by atoms with E-state index in [-0.39, 0.29) is 0 Å². The van der Waals surface area contributed by atoms with Crippen molar-refractivity contribution in [3.8, 4) is 21.8 Å². The molecular weight excluding hydrogens is 323 g/mol. The Morgan fingerprint density at radius 3 is 2.33 bits per heavy atom. The van der Waals surface area contributed by atoms with Crippen LogP contribution in [0.3, 0.4) is 0 Å². The average Bonchev–Trinajstić information content (AvgIpc) is 2.87. The van der Waals surface area contributed by atoms with E-state index >= 15 is 0 Å². The molecule has 0 saturated carbocycles. The first kappa shape index (κ1) is 14.5. The fourth-order valence-corrected chi connectivity index (χ4v) is 3.49. The summed E-state index contributed by atoms with van der Waals surface area (Å²) in [4.78, 5) is 8.65. The lowest BCUT2D eigenvalue weighted by molar-refractivity contribution is 1.31. The number of aromatic nitrogens is 2. The Kier molecular flexibility index (Phi) is 3.98. The summed E-state index contributed by atoms with van der Waals surface area (Å²) in [5.41, 5.74) is 5.48. The van der Waals surface area contributed by atoms with Crippen molar-refractivity contribution in [1.82, 2.24) is 9.97 Å². The molecule has 3 aromatic rings. The summed E-state index contributed by atoms with van der Waals surface area (Å²) in [7, 11) is 0. The zero-order chi connectivity index (χ0) is 15.0. The number of halogens is 2. The molecule has 0 spiro atoms. The fraction of sp³-hybridized carbons (Fsp3) is 0.125. The van der Waals surface area contributed by atoms with E-state index in [1.54, 1.807) is 23.5 Å². The van der Waals surface area contributed by atoms with Gasteiger partial charge in [0.05, 0.1) is 5.69 Å². The van der Waals surface area contributed by atoms with E-state index in [0.717, 1.165) is 21.8 Å². The molecule has 0 aliphatic carbocycles. The molecule has 0 aliphatic heterocycles. The highest BCUT2D eigenvalue weighted by molar-refractivity contribution is 7.13. The fourth-order valence-electron chi connectivity index (χ4n) is 2.22. The molecule has 0 atom stereocenters. The van der Waals surface area contributed by atoms with Gasteiger partial charge in [-0.3, -0.25) is 0 Å². The van der Waals surface area contributed by atoms with Gasteiger partial charge < -0.3 is 0 Å². The third-order valence-corrected chi connectivity index (χ3v) is 4.45.